The summed E-state index contributed by atoms with van der Waals surface area (Å²) in [4.78, 5) is 0. The van der Waals surface area contributed by atoms with Gasteiger partial charge in [-0.1, -0.05) is 33.1 Å². The largest absolute Gasteiger partial charge is 0.374 e. The minimum absolute atomic E-state index is 0.169. The fraction of sp³-hybridized carbons (Fsp3) is 1.00. The predicted octanol–water partition coefficient (Wildman–Crippen LogP) is 4.28. The number of unbranched alkanes of at least 4 members (excludes halogenated alkanes) is 2. The Bertz CT molecular complexity index is 242. The van der Waals surface area contributed by atoms with E-state index in [0.29, 0.717) is 0 Å². The van der Waals surface area contributed by atoms with Crippen molar-refractivity contribution in [3.8, 4) is 0 Å². The van der Waals surface area contributed by atoms with Gasteiger partial charge in [0.25, 0.3) is 0 Å². The van der Waals surface area contributed by atoms with Gasteiger partial charge in [0.15, 0.2) is 0 Å². The van der Waals surface area contributed by atoms with E-state index in [-0.39, 0.29) is 5.60 Å². The third kappa shape index (κ3) is 5.07. The molecule has 0 radical (unpaired) electrons. The molecule has 2 fully saturated rings. The van der Waals surface area contributed by atoms with Crippen LogP contribution in [0.3, 0.4) is 0 Å². The Morgan fingerprint density at radius 3 is 2.37 bits per heavy atom. The maximum absolute atomic E-state index is 6.38. The average molecular weight is 267 g/mol. The van der Waals surface area contributed by atoms with E-state index < -0.39 is 0 Å². The Balaban J connectivity index is 1.77. The summed E-state index contributed by atoms with van der Waals surface area (Å²) in [5, 5.41) is 3.72. The van der Waals surface area contributed by atoms with Crippen LogP contribution in [0.4, 0.5) is 0 Å². The molecule has 0 aliphatic heterocycles. The second-order valence-electron chi connectivity index (χ2n) is 6.75. The van der Waals surface area contributed by atoms with Gasteiger partial charge >= 0.3 is 0 Å². The molecular formula is C17H33NO. The Labute approximate surface area is 119 Å². The van der Waals surface area contributed by atoms with E-state index in [1.54, 1.807) is 0 Å². The van der Waals surface area contributed by atoms with Gasteiger partial charge < -0.3 is 10.1 Å². The highest BCUT2D eigenvalue weighted by Crippen LogP contribution is 2.36. The van der Waals surface area contributed by atoms with E-state index in [2.05, 4.69) is 19.2 Å². The molecule has 2 rings (SSSR count). The molecule has 2 nitrogen and oxygen atoms in total. The molecule has 0 amide bonds. The third-order valence-electron chi connectivity index (χ3n) is 5.04. The maximum Gasteiger partial charge on any atom is 0.0806 e. The summed E-state index contributed by atoms with van der Waals surface area (Å²) < 4.78 is 6.38. The van der Waals surface area contributed by atoms with Gasteiger partial charge in [-0.05, 0) is 50.9 Å². The van der Waals surface area contributed by atoms with Crippen molar-refractivity contribution in [3.63, 3.8) is 0 Å². The second-order valence-corrected chi connectivity index (χ2v) is 6.75. The number of nitrogens with one attached hydrogen (secondary N) is 1. The van der Waals surface area contributed by atoms with Crippen LogP contribution in [0.25, 0.3) is 0 Å². The first-order valence-electron chi connectivity index (χ1n) is 8.65. The zero-order valence-corrected chi connectivity index (χ0v) is 13.0. The van der Waals surface area contributed by atoms with Crippen molar-refractivity contribution >= 4 is 0 Å². The molecule has 19 heavy (non-hydrogen) atoms. The van der Waals surface area contributed by atoms with E-state index in [0.717, 1.165) is 25.1 Å². The van der Waals surface area contributed by atoms with Crippen molar-refractivity contribution in [2.24, 2.45) is 5.92 Å². The highest BCUT2D eigenvalue weighted by Gasteiger charge is 2.37. The van der Waals surface area contributed by atoms with Crippen molar-refractivity contribution < 1.29 is 4.74 Å². The van der Waals surface area contributed by atoms with E-state index >= 15 is 0 Å². The van der Waals surface area contributed by atoms with E-state index in [1.165, 1.54) is 64.2 Å². The number of rotatable bonds is 9. The van der Waals surface area contributed by atoms with Gasteiger partial charge in [0.2, 0.25) is 0 Å². The van der Waals surface area contributed by atoms with Crippen molar-refractivity contribution in [3.05, 3.63) is 0 Å². The molecule has 1 N–H and O–H groups in total. The zero-order valence-electron chi connectivity index (χ0n) is 13.0. The van der Waals surface area contributed by atoms with Crippen LogP contribution in [0, 0.1) is 5.92 Å². The molecule has 0 aromatic carbocycles. The van der Waals surface area contributed by atoms with Crippen LogP contribution in [-0.2, 0) is 4.74 Å². The quantitative estimate of drug-likeness (QED) is 0.629. The third-order valence-corrected chi connectivity index (χ3v) is 5.04. The van der Waals surface area contributed by atoms with Gasteiger partial charge in [-0.3, -0.25) is 0 Å². The maximum atomic E-state index is 6.38. The molecule has 0 unspecified atom stereocenters. The van der Waals surface area contributed by atoms with Crippen molar-refractivity contribution in [1.29, 1.82) is 0 Å². The monoisotopic (exact) mass is 267 g/mol. The van der Waals surface area contributed by atoms with Gasteiger partial charge in [-0.2, -0.15) is 0 Å². The van der Waals surface area contributed by atoms with Gasteiger partial charge in [-0.15, -0.1) is 0 Å². The summed E-state index contributed by atoms with van der Waals surface area (Å²) in [6, 6.07) is 0.806. The molecule has 112 valence electrons. The molecule has 0 atom stereocenters. The standard InChI is InChI=1S/C17H33NO/c1-3-5-6-13-19-17(14-18-16-7-8-16)11-9-15(4-2)10-12-17/h15-16,18H,3-14H2,1-2H3. The molecule has 0 spiro atoms. The Hall–Kier alpha value is -0.0800. The van der Waals surface area contributed by atoms with Crippen LogP contribution >= 0.6 is 0 Å². The van der Waals surface area contributed by atoms with Gasteiger partial charge in [-0.25, -0.2) is 0 Å². The molecule has 0 saturated heterocycles. The zero-order chi connectivity index (χ0) is 13.6. The fourth-order valence-electron chi connectivity index (χ4n) is 3.24. The van der Waals surface area contributed by atoms with Crippen LogP contribution < -0.4 is 5.32 Å². The second kappa shape index (κ2) is 7.64. The van der Waals surface area contributed by atoms with Crippen molar-refractivity contribution in [2.45, 2.75) is 89.7 Å². The number of hydrogen-bond acceptors (Lipinski definition) is 2. The van der Waals surface area contributed by atoms with Crippen molar-refractivity contribution in [2.75, 3.05) is 13.2 Å². The molecule has 0 aromatic heterocycles. The van der Waals surface area contributed by atoms with E-state index in [4.69, 9.17) is 4.74 Å². The Kier molecular flexibility index (Phi) is 6.15. The lowest BCUT2D eigenvalue weighted by molar-refractivity contribution is -0.0778. The summed E-state index contributed by atoms with van der Waals surface area (Å²) in [5.41, 5.74) is 0.169. The molecule has 2 saturated carbocycles. The number of hydrogen-bond donors (Lipinski definition) is 1. The Morgan fingerprint density at radius 1 is 1.05 bits per heavy atom. The highest BCUT2D eigenvalue weighted by molar-refractivity contribution is 4.92. The summed E-state index contributed by atoms with van der Waals surface area (Å²) >= 11 is 0. The van der Waals surface area contributed by atoms with E-state index in [1.807, 2.05) is 0 Å². The smallest absolute Gasteiger partial charge is 0.0806 e. The number of ether oxygens (including phenoxy) is 1. The van der Waals surface area contributed by atoms with Gasteiger partial charge in [0.05, 0.1) is 5.60 Å². The summed E-state index contributed by atoms with van der Waals surface area (Å²) in [6.07, 6.45) is 13.2. The molecule has 0 heterocycles. The average Bonchev–Trinajstić information content (AvgIpc) is 3.27. The van der Waals surface area contributed by atoms with Crippen LogP contribution in [0.2, 0.25) is 0 Å². The normalized spacial score (nSPS) is 31.6. The molecular weight excluding hydrogens is 234 g/mol. The lowest BCUT2D eigenvalue weighted by atomic mass is 9.77. The topological polar surface area (TPSA) is 21.3 Å². The fourth-order valence-corrected chi connectivity index (χ4v) is 3.24. The van der Waals surface area contributed by atoms with Crippen LogP contribution in [0.5, 0.6) is 0 Å². The van der Waals surface area contributed by atoms with Crippen LogP contribution in [0.1, 0.15) is 78.1 Å². The predicted molar refractivity (Wildman–Crippen MR) is 81.5 cm³/mol. The molecule has 2 heteroatoms. The minimum Gasteiger partial charge on any atom is -0.374 e. The SMILES string of the molecule is CCCCCOC1(CNC2CC2)CCC(CC)CC1. The van der Waals surface area contributed by atoms with Crippen molar-refractivity contribution in [1.82, 2.24) is 5.32 Å². The first-order valence-corrected chi connectivity index (χ1v) is 8.65. The lowest BCUT2D eigenvalue weighted by Crippen LogP contribution is -2.46. The Morgan fingerprint density at radius 2 is 1.79 bits per heavy atom. The molecule has 2 aliphatic rings. The van der Waals surface area contributed by atoms with Gasteiger partial charge in [0, 0.05) is 19.2 Å². The molecule has 2 aliphatic carbocycles. The molecule has 0 aromatic rings. The minimum atomic E-state index is 0.169. The summed E-state index contributed by atoms with van der Waals surface area (Å²) in [7, 11) is 0. The van der Waals surface area contributed by atoms with E-state index in [9.17, 15) is 0 Å². The van der Waals surface area contributed by atoms with Gasteiger partial charge in [0.1, 0.15) is 0 Å². The first kappa shape index (κ1) is 15.3. The van der Waals surface area contributed by atoms with Crippen LogP contribution in [-0.4, -0.2) is 24.8 Å². The summed E-state index contributed by atoms with van der Waals surface area (Å²) in [5.74, 6) is 0.952. The summed E-state index contributed by atoms with van der Waals surface area (Å²) in [6.45, 7) is 6.66. The highest BCUT2D eigenvalue weighted by atomic mass is 16.5. The van der Waals surface area contributed by atoms with Crippen LogP contribution in [0.15, 0.2) is 0 Å². The first-order chi connectivity index (χ1) is 9.28. The molecule has 0 bridgehead atoms. The lowest BCUT2D eigenvalue weighted by Gasteiger charge is -2.40.